The smallest absolute Gasteiger partial charge is 0.252 e. The van der Waals surface area contributed by atoms with Gasteiger partial charge < -0.3 is 14.8 Å². The summed E-state index contributed by atoms with van der Waals surface area (Å²) < 4.78 is 12.2. The molecule has 0 spiro atoms. The van der Waals surface area contributed by atoms with Gasteiger partial charge >= 0.3 is 0 Å². The first-order valence-corrected chi connectivity index (χ1v) is 9.96. The van der Waals surface area contributed by atoms with Gasteiger partial charge in [-0.25, -0.2) is 0 Å². The van der Waals surface area contributed by atoms with Crippen LogP contribution in [0.15, 0.2) is 41.2 Å². The second-order valence-corrected chi connectivity index (χ2v) is 7.49. The second kappa shape index (κ2) is 8.61. The van der Waals surface area contributed by atoms with Crippen LogP contribution >= 0.6 is 0 Å². The molecule has 1 aromatic heterocycles. The summed E-state index contributed by atoms with van der Waals surface area (Å²) in [5, 5.41) is 3.91. The molecule has 0 aliphatic rings. The van der Waals surface area contributed by atoms with Gasteiger partial charge in [0.05, 0.1) is 25.4 Å². The predicted molar refractivity (Wildman–Crippen MR) is 120 cm³/mol. The van der Waals surface area contributed by atoms with E-state index in [0.29, 0.717) is 23.6 Å². The molecule has 0 aliphatic carbocycles. The highest BCUT2D eigenvalue weighted by atomic mass is 16.5. The Hall–Kier alpha value is -3.28. The minimum atomic E-state index is -0.659. The molecular formula is C24H28N2O4. The topological polar surface area (TPSA) is 69.6 Å². The van der Waals surface area contributed by atoms with E-state index in [2.05, 4.69) is 11.4 Å². The van der Waals surface area contributed by atoms with E-state index in [4.69, 9.17) is 9.47 Å². The van der Waals surface area contributed by atoms with E-state index in [-0.39, 0.29) is 11.5 Å². The number of amides is 1. The molecule has 0 fully saturated rings. The van der Waals surface area contributed by atoms with Crippen LogP contribution < -0.4 is 20.3 Å². The van der Waals surface area contributed by atoms with Crippen LogP contribution in [0.1, 0.15) is 36.1 Å². The van der Waals surface area contributed by atoms with Crippen molar-refractivity contribution in [1.82, 2.24) is 4.57 Å². The minimum Gasteiger partial charge on any atom is -0.497 e. The Bertz CT molecular complexity index is 1160. The molecule has 3 rings (SSSR count). The van der Waals surface area contributed by atoms with Crippen molar-refractivity contribution in [3.8, 4) is 11.5 Å². The number of anilines is 1. The van der Waals surface area contributed by atoms with Crippen molar-refractivity contribution in [2.75, 3.05) is 19.5 Å². The number of carbonyl (C=O) groups excluding carboxylic acids is 1. The summed E-state index contributed by atoms with van der Waals surface area (Å²) in [7, 11) is 3.10. The fourth-order valence-electron chi connectivity index (χ4n) is 3.94. The van der Waals surface area contributed by atoms with Crippen LogP contribution in [-0.2, 0) is 4.79 Å². The van der Waals surface area contributed by atoms with Crippen molar-refractivity contribution in [2.45, 2.75) is 40.2 Å². The number of ether oxygens (including phenoxy) is 2. The normalized spacial score (nSPS) is 11.9. The number of pyridine rings is 1. The van der Waals surface area contributed by atoms with Gasteiger partial charge in [0.1, 0.15) is 17.5 Å². The molecule has 158 valence electrons. The summed E-state index contributed by atoms with van der Waals surface area (Å²) >= 11 is 0. The second-order valence-electron chi connectivity index (χ2n) is 7.49. The average molecular weight is 408 g/mol. The quantitative estimate of drug-likeness (QED) is 0.650. The van der Waals surface area contributed by atoms with Crippen LogP contribution in [0.5, 0.6) is 11.5 Å². The summed E-state index contributed by atoms with van der Waals surface area (Å²) in [4.78, 5) is 26.3. The van der Waals surface area contributed by atoms with Crippen LogP contribution in [0.25, 0.3) is 10.9 Å². The Morgan fingerprint density at radius 3 is 2.40 bits per heavy atom. The Morgan fingerprint density at radius 1 is 1.03 bits per heavy atom. The van der Waals surface area contributed by atoms with Crippen molar-refractivity contribution < 1.29 is 14.3 Å². The molecule has 2 aromatic carbocycles. The summed E-state index contributed by atoms with van der Waals surface area (Å²) in [6, 6.07) is 10.2. The predicted octanol–water partition coefficient (Wildman–Crippen LogP) is 4.53. The molecular weight excluding hydrogens is 380 g/mol. The number of fused-ring (bicyclic) bond motifs is 1. The Labute approximate surface area is 176 Å². The van der Waals surface area contributed by atoms with Crippen LogP contribution in [0, 0.1) is 20.8 Å². The van der Waals surface area contributed by atoms with E-state index >= 15 is 0 Å². The number of aryl methyl sites for hydroxylation is 3. The molecule has 0 saturated heterocycles. The maximum absolute atomic E-state index is 13.3. The summed E-state index contributed by atoms with van der Waals surface area (Å²) in [5.74, 6) is 0.849. The number of benzene rings is 2. The van der Waals surface area contributed by atoms with Crippen molar-refractivity contribution in [2.24, 2.45) is 0 Å². The summed E-state index contributed by atoms with van der Waals surface area (Å²) in [5.41, 5.74) is 4.14. The third kappa shape index (κ3) is 3.90. The van der Waals surface area contributed by atoms with E-state index in [1.165, 1.54) is 7.11 Å². The number of nitrogens with zero attached hydrogens (tertiary/aromatic N) is 1. The zero-order valence-corrected chi connectivity index (χ0v) is 18.3. The van der Waals surface area contributed by atoms with Crippen LogP contribution in [0.4, 0.5) is 5.69 Å². The largest absolute Gasteiger partial charge is 0.497 e. The van der Waals surface area contributed by atoms with Gasteiger partial charge in [0.15, 0.2) is 0 Å². The van der Waals surface area contributed by atoms with Gasteiger partial charge in [-0.15, -0.1) is 0 Å². The van der Waals surface area contributed by atoms with Gasteiger partial charge in [-0.2, -0.15) is 0 Å². The molecule has 3 aromatic rings. The number of methoxy groups -OCH3 is 2. The molecule has 0 saturated carbocycles. The SMILES string of the molecule is CCC(C(=O)Nc1ccc(OC)cc1OC)n1c(=O)cc(C)c2cc(C)cc(C)c21. The minimum absolute atomic E-state index is 0.185. The van der Waals surface area contributed by atoms with Gasteiger partial charge in [-0.05, 0) is 56.5 Å². The molecule has 1 amide bonds. The fourth-order valence-corrected chi connectivity index (χ4v) is 3.94. The number of nitrogens with one attached hydrogen (secondary N) is 1. The molecule has 6 heteroatoms. The average Bonchev–Trinajstić information content (AvgIpc) is 2.71. The standard InChI is InChI=1S/C24H28N2O4/c1-7-20(24(28)25-19-9-8-17(29-5)13-21(19)30-6)26-22(27)12-15(3)18-11-14(2)10-16(4)23(18)26/h8-13,20H,7H2,1-6H3,(H,25,28). The zero-order valence-electron chi connectivity index (χ0n) is 18.3. The molecule has 1 N–H and O–H groups in total. The van der Waals surface area contributed by atoms with Gasteiger partial charge in [0, 0.05) is 17.5 Å². The van der Waals surface area contributed by atoms with Crippen molar-refractivity contribution in [3.05, 3.63) is 63.4 Å². The zero-order chi connectivity index (χ0) is 22.0. The third-order valence-corrected chi connectivity index (χ3v) is 5.36. The van der Waals surface area contributed by atoms with Crippen LogP contribution in [0.2, 0.25) is 0 Å². The lowest BCUT2D eigenvalue weighted by molar-refractivity contribution is -0.119. The first-order valence-electron chi connectivity index (χ1n) is 9.96. The Balaban J connectivity index is 2.10. The highest BCUT2D eigenvalue weighted by Gasteiger charge is 2.24. The molecule has 6 nitrogen and oxygen atoms in total. The number of hydrogen-bond donors (Lipinski definition) is 1. The molecule has 0 radical (unpaired) electrons. The molecule has 0 aliphatic heterocycles. The highest BCUT2D eigenvalue weighted by Crippen LogP contribution is 2.31. The van der Waals surface area contributed by atoms with Crippen molar-refractivity contribution >= 4 is 22.5 Å². The van der Waals surface area contributed by atoms with E-state index in [9.17, 15) is 9.59 Å². The maximum Gasteiger partial charge on any atom is 0.252 e. The van der Waals surface area contributed by atoms with Crippen LogP contribution in [0.3, 0.4) is 0 Å². The lowest BCUT2D eigenvalue weighted by Crippen LogP contribution is -2.33. The van der Waals surface area contributed by atoms with E-state index < -0.39 is 6.04 Å². The summed E-state index contributed by atoms with van der Waals surface area (Å²) in [6.45, 7) is 7.83. The fraction of sp³-hybridized carbons (Fsp3) is 0.333. The van der Waals surface area contributed by atoms with Gasteiger partial charge in [0.25, 0.3) is 5.56 Å². The number of carbonyl (C=O) groups is 1. The highest BCUT2D eigenvalue weighted by molar-refractivity contribution is 5.97. The van der Waals surface area contributed by atoms with Gasteiger partial charge in [-0.3, -0.25) is 14.2 Å². The lowest BCUT2D eigenvalue weighted by atomic mass is 10.0. The van der Waals surface area contributed by atoms with E-state index in [0.717, 1.165) is 27.6 Å². The van der Waals surface area contributed by atoms with Gasteiger partial charge in [0.2, 0.25) is 5.91 Å². The molecule has 30 heavy (non-hydrogen) atoms. The van der Waals surface area contributed by atoms with E-state index in [1.54, 1.807) is 35.9 Å². The lowest BCUT2D eigenvalue weighted by Gasteiger charge is -2.23. The maximum atomic E-state index is 13.3. The molecule has 0 bridgehead atoms. The third-order valence-electron chi connectivity index (χ3n) is 5.36. The van der Waals surface area contributed by atoms with Crippen LogP contribution in [-0.4, -0.2) is 24.7 Å². The molecule has 1 unspecified atom stereocenters. The molecule has 1 atom stereocenters. The monoisotopic (exact) mass is 408 g/mol. The number of aromatic nitrogens is 1. The number of hydrogen-bond acceptors (Lipinski definition) is 4. The van der Waals surface area contributed by atoms with Crippen molar-refractivity contribution in [3.63, 3.8) is 0 Å². The van der Waals surface area contributed by atoms with Gasteiger partial charge in [-0.1, -0.05) is 18.6 Å². The van der Waals surface area contributed by atoms with Crippen molar-refractivity contribution in [1.29, 1.82) is 0 Å². The Kier molecular flexibility index (Phi) is 6.15. The molecule has 1 heterocycles. The first-order chi connectivity index (χ1) is 14.3. The summed E-state index contributed by atoms with van der Waals surface area (Å²) in [6.07, 6.45) is 0.468. The van der Waals surface area contributed by atoms with E-state index in [1.807, 2.05) is 33.8 Å². The first kappa shape index (κ1) is 21.4. The Morgan fingerprint density at radius 2 is 1.77 bits per heavy atom. The number of rotatable bonds is 6.